The Bertz CT molecular complexity index is 1230. The molecule has 4 nitrogen and oxygen atoms in total. The van der Waals surface area contributed by atoms with E-state index in [0.717, 1.165) is 39.1 Å². The quantitative estimate of drug-likeness (QED) is 0.393. The number of carbonyl (C=O) groups is 1. The summed E-state index contributed by atoms with van der Waals surface area (Å²) in [4.78, 5) is 19.7. The number of benzene rings is 3. The minimum absolute atomic E-state index is 0.0702. The zero-order chi connectivity index (χ0) is 20.7. The number of aromatic nitrogens is 2. The SMILES string of the molecule is Cc1cccc(N2C[C@@H](c3nc4ccccc4n3Cc3ccc(Br)cc3)CC2=O)c1. The van der Waals surface area contributed by atoms with Gasteiger partial charge in [0, 0.05) is 35.6 Å². The predicted molar refractivity (Wildman–Crippen MR) is 124 cm³/mol. The van der Waals surface area contributed by atoms with Gasteiger partial charge in [-0.25, -0.2) is 4.98 Å². The Labute approximate surface area is 184 Å². The van der Waals surface area contributed by atoms with E-state index in [2.05, 4.69) is 69.9 Å². The summed E-state index contributed by atoms with van der Waals surface area (Å²) >= 11 is 3.51. The highest BCUT2D eigenvalue weighted by molar-refractivity contribution is 9.10. The van der Waals surface area contributed by atoms with Crippen molar-refractivity contribution in [3.8, 4) is 0 Å². The van der Waals surface area contributed by atoms with Crippen molar-refractivity contribution in [1.29, 1.82) is 0 Å². The number of hydrogen-bond donors (Lipinski definition) is 0. The first-order chi connectivity index (χ1) is 14.6. The molecule has 0 spiro atoms. The molecule has 1 amide bonds. The van der Waals surface area contributed by atoms with Gasteiger partial charge in [-0.1, -0.05) is 52.3 Å². The molecule has 0 N–H and O–H groups in total. The summed E-state index contributed by atoms with van der Waals surface area (Å²) in [5.41, 5.74) is 5.43. The standard InChI is InChI=1S/C25H22BrN3O/c1-17-5-4-6-21(13-17)28-16-19(14-24(28)30)25-27-22-7-2-3-8-23(22)29(25)15-18-9-11-20(26)12-10-18/h2-13,19H,14-16H2,1H3/t19-/m0/s1. The van der Waals surface area contributed by atoms with E-state index in [4.69, 9.17) is 4.98 Å². The fraction of sp³-hybridized carbons (Fsp3) is 0.200. The average Bonchev–Trinajstić information content (AvgIpc) is 3.30. The van der Waals surface area contributed by atoms with E-state index in [0.29, 0.717) is 13.0 Å². The molecule has 0 bridgehead atoms. The molecule has 1 fully saturated rings. The lowest BCUT2D eigenvalue weighted by Crippen LogP contribution is -2.24. The Morgan fingerprint density at radius 3 is 2.63 bits per heavy atom. The second-order valence-corrected chi connectivity index (χ2v) is 8.83. The predicted octanol–water partition coefficient (Wildman–Crippen LogP) is 5.68. The van der Waals surface area contributed by atoms with Crippen molar-refractivity contribution in [2.75, 3.05) is 11.4 Å². The largest absolute Gasteiger partial charge is 0.323 e. The van der Waals surface area contributed by atoms with Crippen LogP contribution in [-0.2, 0) is 11.3 Å². The van der Waals surface area contributed by atoms with Gasteiger partial charge in [0.2, 0.25) is 5.91 Å². The van der Waals surface area contributed by atoms with Crippen LogP contribution in [0, 0.1) is 6.92 Å². The minimum Gasteiger partial charge on any atom is -0.323 e. The molecule has 0 saturated carbocycles. The Morgan fingerprint density at radius 1 is 1.03 bits per heavy atom. The molecule has 1 aromatic heterocycles. The van der Waals surface area contributed by atoms with Crippen molar-refractivity contribution in [3.05, 3.63) is 94.2 Å². The first-order valence-electron chi connectivity index (χ1n) is 10.1. The summed E-state index contributed by atoms with van der Waals surface area (Å²) in [6.45, 7) is 3.45. The molecule has 1 atom stereocenters. The lowest BCUT2D eigenvalue weighted by molar-refractivity contribution is -0.117. The van der Waals surface area contributed by atoms with Crippen LogP contribution in [0.4, 0.5) is 5.69 Å². The number of nitrogens with zero attached hydrogens (tertiary/aromatic N) is 3. The molecule has 4 aromatic rings. The van der Waals surface area contributed by atoms with E-state index < -0.39 is 0 Å². The van der Waals surface area contributed by atoms with Crippen molar-refractivity contribution in [1.82, 2.24) is 9.55 Å². The lowest BCUT2D eigenvalue weighted by atomic mass is 10.1. The molecular formula is C25H22BrN3O. The molecular weight excluding hydrogens is 438 g/mol. The van der Waals surface area contributed by atoms with Gasteiger partial charge in [-0.15, -0.1) is 0 Å². The zero-order valence-corrected chi connectivity index (χ0v) is 18.3. The third-order valence-electron chi connectivity index (χ3n) is 5.74. The topological polar surface area (TPSA) is 38.1 Å². The Hall–Kier alpha value is -2.92. The van der Waals surface area contributed by atoms with Gasteiger partial charge in [0.25, 0.3) is 0 Å². The van der Waals surface area contributed by atoms with E-state index in [9.17, 15) is 4.79 Å². The molecule has 2 heterocycles. The van der Waals surface area contributed by atoms with Crippen LogP contribution in [0.2, 0.25) is 0 Å². The first kappa shape index (κ1) is 19.1. The fourth-order valence-corrected chi connectivity index (χ4v) is 4.53. The third-order valence-corrected chi connectivity index (χ3v) is 6.27. The number of imidazole rings is 1. The van der Waals surface area contributed by atoms with Crippen LogP contribution in [0.1, 0.15) is 29.3 Å². The maximum Gasteiger partial charge on any atom is 0.227 e. The van der Waals surface area contributed by atoms with Gasteiger partial charge in [0.05, 0.1) is 11.0 Å². The van der Waals surface area contributed by atoms with Crippen LogP contribution in [0.5, 0.6) is 0 Å². The van der Waals surface area contributed by atoms with Crippen LogP contribution in [0.3, 0.4) is 0 Å². The maximum atomic E-state index is 12.9. The highest BCUT2D eigenvalue weighted by Crippen LogP contribution is 2.34. The summed E-state index contributed by atoms with van der Waals surface area (Å²) in [6.07, 6.45) is 0.484. The molecule has 5 heteroatoms. The molecule has 1 aliphatic rings. The fourth-order valence-electron chi connectivity index (χ4n) is 4.27. The first-order valence-corrected chi connectivity index (χ1v) is 10.9. The Balaban J connectivity index is 1.52. The molecule has 150 valence electrons. The highest BCUT2D eigenvalue weighted by Gasteiger charge is 2.34. The maximum absolute atomic E-state index is 12.9. The average molecular weight is 460 g/mol. The smallest absolute Gasteiger partial charge is 0.227 e. The summed E-state index contributed by atoms with van der Waals surface area (Å²) < 4.78 is 3.34. The molecule has 30 heavy (non-hydrogen) atoms. The second kappa shape index (κ2) is 7.73. The number of aryl methyl sites for hydroxylation is 1. The van der Waals surface area contributed by atoms with Crippen molar-refractivity contribution in [2.45, 2.75) is 25.8 Å². The van der Waals surface area contributed by atoms with Crippen LogP contribution in [0.15, 0.2) is 77.3 Å². The van der Waals surface area contributed by atoms with E-state index in [1.165, 1.54) is 5.56 Å². The van der Waals surface area contributed by atoms with E-state index in [1.54, 1.807) is 0 Å². The van der Waals surface area contributed by atoms with Crippen LogP contribution in [-0.4, -0.2) is 22.0 Å². The number of carbonyl (C=O) groups excluding carboxylic acids is 1. The van der Waals surface area contributed by atoms with Gasteiger partial charge in [-0.05, 0) is 54.4 Å². The number of halogens is 1. The monoisotopic (exact) mass is 459 g/mol. The molecule has 0 radical (unpaired) electrons. The van der Waals surface area contributed by atoms with Gasteiger partial charge >= 0.3 is 0 Å². The van der Waals surface area contributed by atoms with Crippen LogP contribution >= 0.6 is 15.9 Å². The number of rotatable bonds is 4. The second-order valence-electron chi connectivity index (χ2n) is 7.92. The van der Waals surface area contributed by atoms with Crippen molar-refractivity contribution in [2.24, 2.45) is 0 Å². The van der Waals surface area contributed by atoms with Crippen LogP contribution < -0.4 is 4.90 Å². The molecule has 1 aliphatic heterocycles. The normalized spacial score (nSPS) is 16.5. The summed E-state index contributed by atoms with van der Waals surface area (Å²) in [5.74, 6) is 1.22. The summed E-state index contributed by atoms with van der Waals surface area (Å²) in [7, 11) is 0. The van der Waals surface area contributed by atoms with Gasteiger partial charge < -0.3 is 9.47 Å². The minimum atomic E-state index is 0.0702. The summed E-state index contributed by atoms with van der Waals surface area (Å²) in [6, 6.07) is 24.7. The number of hydrogen-bond acceptors (Lipinski definition) is 2. The van der Waals surface area contributed by atoms with E-state index in [1.807, 2.05) is 35.2 Å². The number of para-hydroxylation sites is 2. The van der Waals surface area contributed by atoms with Crippen molar-refractivity contribution >= 4 is 38.6 Å². The third kappa shape index (κ3) is 3.54. The number of fused-ring (bicyclic) bond motifs is 1. The molecule has 0 unspecified atom stereocenters. The van der Waals surface area contributed by atoms with Gasteiger partial charge in [-0.3, -0.25) is 4.79 Å². The molecule has 3 aromatic carbocycles. The Kier molecular flexibility index (Phi) is 4.91. The number of anilines is 1. The van der Waals surface area contributed by atoms with Gasteiger partial charge in [-0.2, -0.15) is 0 Å². The van der Waals surface area contributed by atoms with Crippen LogP contribution in [0.25, 0.3) is 11.0 Å². The van der Waals surface area contributed by atoms with Gasteiger partial charge in [0.15, 0.2) is 0 Å². The molecule has 1 saturated heterocycles. The highest BCUT2D eigenvalue weighted by atomic mass is 79.9. The molecule has 5 rings (SSSR count). The van der Waals surface area contributed by atoms with Crippen molar-refractivity contribution < 1.29 is 4.79 Å². The summed E-state index contributed by atoms with van der Waals surface area (Å²) in [5, 5.41) is 0. The van der Waals surface area contributed by atoms with E-state index in [-0.39, 0.29) is 11.8 Å². The molecule has 0 aliphatic carbocycles. The lowest BCUT2D eigenvalue weighted by Gasteiger charge is -2.18. The van der Waals surface area contributed by atoms with Gasteiger partial charge in [0.1, 0.15) is 5.82 Å². The zero-order valence-electron chi connectivity index (χ0n) is 16.8. The van der Waals surface area contributed by atoms with E-state index >= 15 is 0 Å². The van der Waals surface area contributed by atoms with Crippen molar-refractivity contribution in [3.63, 3.8) is 0 Å². The Morgan fingerprint density at radius 2 is 1.83 bits per heavy atom. The number of amides is 1.